The van der Waals surface area contributed by atoms with Crippen LogP contribution in [0.5, 0.6) is 0 Å². The highest BCUT2D eigenvalue weighted by molar-refractivity contribution is 7.98. The molecule has 4 rings (SSSR count). The van der Waals surface area contributed by atoms with Crippen LogP contribution in [0, 0.1) is 0 Å². The molecule has 1 heterocycles. The van der Waals surface area contributed by atoms with E-state index in [2.05, 4.69) is 45.6 Å². The molecule has 6 heteroatoms. The van der Waals surface area contributed by atoms with Crippen LogP contribution >= 0.6 is 23.4 Å². The second kappa shape index (κ2) is 7.72. The zero-order valence-electron chi connectivity index (χ0n) is 13.8. The Labute approximate surface area is 160 Å². The summed E-state index contributed by atoms with van der Waals surface area (Å²) in [4.78, 5) is 0. The van der Waals surface area contributed by atoms with Crippen molar-refractivity contribution in [2.45, 2.75) is 10.9 Å². The van der Waals surface area contributed by atoms with Crippen molar-refractivity contribution in [1.82, 2.24) is 14.9 Å². The number of fused-ring (bicyclic) bond motifs is 1. The molecule has 0 bridgehead atoms. The summed E-state index contributed by atoms with van der Waals surface area (Å²) in [7, 11) is 0. The molecule has 0 atom stereocenters. The third kappa shape index (κ3) is 3.95. The Balaban J connectivity index is 1.48. The number of thioether (sulfide) groups is 1. The van der Waals surface area contributed by atoms with E-state index >= 15 is 0 Å². The Morgan fingerprint density at radius 1 is 1.00 bits per heavy atom. The Kier molecular flexibility index (Phi) is 5.00. The van der Waals surface area contributed by atoms with Crippen molar-refractivity contribution in [2.75, 3.05) is 0 Å². The van der Waals surface area contributed by atoms with Crippen LogP contribution in [0.15, 0.2) is 83.3 Å². The van der Waals surface area contributed by atoms with Crippen LogP contribution in [0.3, 0.4) is 0 Å². The Bertz CT molecular complexity index is 1060. The van der Waals surface area contributed by atoms with Gasteiger partial charge in [0.25, 0.3) is 0 Å². The SMILES string of the molecule is Clc1ccc(CSc2nncn2/N=C/c2ccc3ccccc3c2)cc1. The molecule has 0 aliphatic rings. The average molecular weight is 379 g/mol. The van der Waals surface area contributed by atoms with E-state index in [1.807, 2.05) is 42.6 Å². The van der Waals surface area contributed by atoms with Gasteiger partial charge in [-0.25, -0.2) is 0 Å². The molecule has 0 aliphatic carbocycles. The van der Waals surface area contributed by atoms with Gasteiger partial charge in [-0.1, -0.05) is 71.9 Å². The lowest BCUT2D eigenvalue weighted by Gasteiger charge is -2.02. The molecule has 0 amide bonds. The van der Waals surface area contributed by atoms with Crippen molar-refractivity contribution in [1.29, 1.82) is 0 Å². The number of hydrogen-bond donors (Lipinski definition) is 0. The summed E-state index contributed by atoms with van der Waals surface area (Å²) in [6.45, 7) is 0. The number of aromatic nitrogens is 3. The highest BCUT2D eigenvalue weighted by atomic mass is 35.5. The van der Waals surface area contributed by atoms with E-state index in [9.17, 15) is 0 Å². The van der Waals surface area contributed by atoms with E-state index in [-0.39, 0.29) is 0 Å². The number of halogens is 1. The molecule has 3 aromatic carbocycles. The Morgan fingerprint density at radius 2 is 1.81 bits per heavy atom. The van der Waals surface area contributed by atoms with Crippen LogP contribution in [-0.2, 0) is 5.75 Å². The lowest BCUT2D eigenvalue weighted by atomic mass is 10.1. The van der Waals surface area contributed by atoms with Gasteiger partial charge in [-0.15, -0.1) is 10.2 Å². The number of benzene rings is 3. The summed E-state index contributed by atoms with van der Waals surface area (Å²) < 4.78 is 1.69. The van der Waals surface area contributed by atoms with Gasteiger partial charge in [-0.2, -0.15) is 9.78 Å². The van der Waals surface area contributed by atoms with Crippen LogP contribution < -0.4 is 0 Å². The van der Waals surface area contributed by atoms with E-state index in [0.717, 1.165) is 21.5 Å². The van der Waals surface area contributed by atoms with Gasteiger partial charge in [0.2, 0.25) is 5.16 Å². The predicted molar refractivity (Wildman–Crippen MR) is 108 cm³/mol. The van der Waals surface area contributed by atoms with Gasteiger partial charge in [0, 0.05) is 10.8 Å². The summed E-state index contributed by atoms with van der Waals surface area (Å²) in [5.41, 5.74) is 2.21. The van der Waals surface area contributed by atoms with E-state index in [1.165, 1.54) is 16.3 Å². The predicted octanol–water partition coefficient (Wildman–Crippen LogP) is 5.26. The zero-order valence-corrected chi connectivity index (χ0v) is 15.4. The van der Waals surface area contributed by atoms with E-state index < -0.39 is 0 Å². The summed E-state index contributed by atoms with van der Waals surface area (Å²) in [6, 6.07) is 22.3. The van der Waals surface area contributed by atoms with Gasteiger partial charge in [0.05, 0.1) is 6.21 Å². The minimum absolute atomic E-state index is 0.738. The quantitative estimate of drug-likeness (QED) is 0.351. The number of nitrogens with zero attached hydrogens (tertiary/aromatic N) is 4. The molecule has 4 aromatic rings. The maximum atomic E-state index is 5.92. The number of rotatable bonds is 5. The molecule has 0 aliphatic heterocycles. The lowest BCUT2D eigenvalue weighted by molar-refractivity contribution is 0.767. The maximum absolute atomic E-state index is 5.92. The minimum atomic E-state index is 0.738. The van der Waals surface area contributed by atoms with Gasteiger partial charge < -0.3 is 0 Å². The van der Waals surface area contributed by atoms with Crippen LogP contribution in [-0.4, -0.2) is 21.1 Å². The Hall–Kier alpha value is -2.63. The maximum Gasteiger partial charge on any atom is 0.212 e. The van der Waals surface area contributed by atoms with E-state index in [1.54, 1.807) is 22.8 Å². The molecule has 0 fully saturated rings. The molecule has 0 radical (unpaired) electrons. The molecule has 0 spiro atoms. The molecule has 0 unspecified atom stereocenters. The molecule has 128 valence electrons. The zero-order chi connectivity index (χ0) is 17.8. The molecular formula is C20H15ClN4S. The normalized spacial score (nSPS) is 11.4. The third-order valence-electron chi connectivity index (χ3n) is 3.89. The first-order chi connectivity index (χ1) is 12.8. The monoisotopic (exact) mass is 378 g/mol. The van der Waals surface area contributed by atoms with Gasteiger partial charge in [0.15, 0.2) is 0 Å². The van der Waals surface area contributed by atoms with Crippen molar-refractivity contribution in [3.8, 4) is 0 Å². The second-order valence-electron chi connectivity index (χ2n) is 5.72. The topological polar surface area (TPSA) is 43.1 Å². The lowest BCUT2D eigenvalue weighted by Crippen LogP contribution is -1.93. The fourth-order valence-corrected chi connectivity index (χ4v) is 3.48. The minimum Gasteiger partial charge on any atom is -0.195 e. The highest BCUT2D eigenvalue weighted by Crippen LogP contribution is 2.22. The first-order valence-corrected chi connectivity index (χ1v) is 9.45. The van der Waals surface area contributed by atoms with Crippen molar-refractivity contribution in [3.63, 3.8) is 0 Å². The van der Waals surface area contributed by atoms with Crippen LogP contribution in [0.1, 0.15) is 11.1 Å². The first kappa shape index (κ1) is 16.8. The fourth-order valence-electron chi connectivity index (χ4n) is 2.54. The third-order valence-corrected chi connectivity index (χ3v) is 5.14. The van der Waals surface area contributed by atoms with Crippen molar-refractivity contribution in [2.24, 2.45) is 5.10 Å². The summed E-state index contributed by atoms with van der Waals surface area (Å²) in [5, 5.41) is 16.5. The summed E-state index contributed by atoms with van der Waals surface area (Å²) in [5.74, 6) is 0.779. The van der Waals surface area contributed by atoms with Crippen LogP contribution in [0.2, 0.25) is 5.02 Å². The van der Waals surface area contributed by atoms with Gasteiger partial charge in [-0.05, 0) is 40.1 Å². The largest absolute Gasteiger partial charge is 0.212 e. The fraction of sp³-hybridized carbons (Fsp3) is 0.0500. The standard InChI is InChI=1S/C20H15ClN4S/c21-19-9-6-15(7-10-19)13-26-20-24-22-14-25(20)23-12-16-5-8-17-3-1-2-4-18(17)11-16/h1-12,14H,13H2/b23-12+. The van der Waals surface area contributed by atoms with E-state index in [0.29, 0.717) is 0 Å². The highest BCUT2D eigenvalue weighted by Gasteiger charge is 2.05. The van der Waals surface area contributed by atoms with Gasteiger partial charge in [0.1, 0.15) is 6.33 Å². The smallest absolute Gasteiger partial charge is 0.195 e. The second-order valence-corrected chi connectivity index (χ2v) is 7.10. The van der Waals surface area contributed by atoms with Crippen molar-refractivity contribution < 1.29 is 0 Å². The first-order valence-electron chi connectivity index (χ1n) is 8.08. The number of hydrogen-bond acceptors (Lipinski definition) is 4. The van der Waals surface area contributed by atoms with Gasteiger partial charge in [-0.3, -0.25) is 0 Å². The molecule has 4 nitrogen and oxygen atoms in total. The van der Waals surface area contributed by atoms with Gasteiger partial charge >= 0.3 is 0 Å². The van der Waals surface area contributed by atoms with Crippen molar-refractivity contribution in [3.05, 3.63) is 89.2 Å². The molecule has 1 aromatic heterocycles. The van der Waals surface area contributed by atoms with E-state index in [4.69, 9.17) is 11.6 Å². The average Bonchev–Trinajstić information content (AvgIpc) is 3.13. The summed E-state index contributed by atoms with van der Waals surface area (Å²) >= 11 is 7.50. The summed E-state index contributed by atoms with van der Waals surface area (Å²) in [6.07, 6.45) is 3.43. The molecular weight excluding hydrogens is 364 g/mol. The molecule has 0 saturated heterocycles. The Morgan fingerprint density at radius 3 is 2.65 bits per heavy atom. The van der Waals surface area contributed by atoms with Crippen LogP contribution in [0.25, 0.3) is 10.8 Å². The van der Waals surface area contributed by atoms with Crippen LogP contribution in [0.4, 0.5) is 0 Å². The molecule has 0 saturated carbocycles. The molecule has 0 N–H and O–H groups in total. The van der Waals surface area contributed by atoms with Crippen molar-refractivity contribution >= 4 is 40.3 Å². The molecule has 26 heavy (non-hydrogen) atoms.